The predicted octanol–water partition coefficient (Wildman–Crippen LogP) is 3.37. The number of rotatable bonds is 4. The van der Waals surface area contributed by atoms with Crippen molar-refractivity contribution in [3.8, 4) is 0 Å². The van der Waals surface area contributed by atoms with Crippen LogP contribution in [0.2, 0.25) is 0 Å². The van der Waals surface area contributed by atoms with Gasteiger partial charge in [-0.05, 0) is 50.8 Å². The quantitative estimate of drug-likeness (QED) is 0.848. The van der Waals surface area contributed by atoms with Gasteiger partial charge >= 0.3 is 0 Å². The number of aromatic nitrogens is 1. The van der Waals surface area contributed by atoms with E-state index in [0.29, 0.717) is 0 Å². The van der Waals surface area contributed by atoms with E-state index < -0.39 is 0 Å². The van der Waals surface area contributed by atoms with Crippen LogP contribution in [0, 0.1) is 13.8 Å². The topological polar surface area (TPSA) is 29.8 Å². The van der Waals surface area contributed by atoms with E-state index in [1.807, 2.05) is 0 Å². The molecule has 0 unspecified atom stereocenters. The molecule has 0 aromatic carbocycles. The fraction of sp³-hybridized carbons (Fsp3) is 0.421. The maximum Gasteiger partial charge on any atom is 0.207 e. The number of allylic oxidation sites excluding steroid dienone is 4. The van der Waals surface area contributed by atoms with E-state index in [1.54, 1.807) is 0 Å². The van der Waals surface area contributed by atoms with Gasteiger partial charge in [-0.1, -0.05) is 19.9 Å². The summed E-state index contributed by atoms with van der Waals surface area (Å²) in [6.45, 7) is 13.1. The van der Waals surface area contributed by atoms with Crippen LogP contribution in [0.15, 0.2) is 29.0 Å². The molecule has 0 spiro atoms. The Morgan fingerprint density at radius 2 is 1.76 bits per heavy atom. The molecule has 0 fully saturated rings. The van der Waals surface area contributed by atoms with Gasteiger partial charge in [-0.25, -0.2) is 4.99 Å². The van der Waals surface area contributed by atoms with Crippen LogP contribution in [0.4, 0.5) is 0 Å². The predicted molar refractivity (Wildman–Crippen MR) is 91.4 cm³/mol. The van der Waals surface area contributed by atoms with Crippen LogP contribution in [0.25, 0.3) is 6.08 Å². The highest BCUT2D eigenvalue weighted by Gasteiger charge is 2.22. The lowest BCUT2D eigenvalue weighted by Crippen LogP contribution is -2.67. The minimum Gasteiger partial charge on any atom is -0.359 e. The molecule has 0 amide bonds. The van der Waals surface area contributed by atoms with Crippen molar-refractivity contribution < 1.29 is 4.99 Å². The fourth-order valence-corrected chi connectivity index (χ4v) is 3.26. The molecule has 0 aliphatic carbocycles. The Hall–Kier alpha value is -1.83. The Bertz CT molecular complexity index is 664. The number of hydrogen-bond acceptors (Lipinski definition) is 0. The van der Waals surface area contributed by atoms with Crippen LogP contribution in [-0.4, -0.2) is 10.7 Å². The second-order valence-electron chi connectivity index (χ2n) is 5.77. The van der Waals surface area contributed by atoms with Gasteiger partial charge in [0, 0.05) is 35.5 Å². The molecule has 0 atom stereocenters. The second kappa shape index (κ2) is 6.30. The molecule has 0 radical (unpaired) electrons. The molecule has 1 aromatic rings. The molecule has 1 aliphatic rings. The van der Waals surface area contributed by atoms with Gasteiger partial charge in [0.05, 0.1) is 0 Å². The first-order valence-corrected chi connectivity index (χ1v) is 7.87. The SMILES string of the molecule is CCC1=C(C)C(=CC=Cc2[nH]c(C)c(CC)c2C)[NH+]=C1C. The Labute approximate surface area is 128 Å². The molecule has 21 heavy (non-hydrogen) atoms. The summed E-state index contributed by atoms with van der Waals surface area (Å²) < 4.78 is 0. The van der Waals surface area contributed by atoms with Gasteiger partial charge in [0.15, 0.2) is 5.71 Å². The van der Waals surface area contributed by atoms with E-state index in [9.17, 15) is 0 Å². The van der Waals surface area contributed by atoms with E-state index in [-0.39, 0.29) is 0 Å². The molecule has 1 aromatic heterocycles. The van der Waals surface area contributed by atoms with Gasteiger partial charge < -0.3 is 4.98 Å². The van der Waals surface area contributed by atoms with Crippen molar-refractivity contribution in [2.75, 3.05) is 0 Å². The number of hydrogen-bond donors (Lipinski definition) is 2. The molecule has 0 saturated heterocycles. The number of aryl methyl sites for hydroxylation is 1. The van der Waals surface area contributed by atoms with Crippen molar-refractivity contribution in [3.63, 3.8) is 0 Å². The van der Waals surface area contributed by atoms with Crippen molar-refractivity contribution in [3.05, 3.63) is 51.5 Å². The lowest BCUT2D eigenvalue weighted by Gasteiger charge is -1.95. The van der Waals surface area contributed by atoms with Crippen molar-refractivity contribution >= 4 is 11.8 Å². The van der Waals surface area contributed by atoms with Gasteiger partial charge in [0.25, 0.3) is 0 Å². The third kappa shape index (κ3) is 2.94. The molecule has 0 bridgehead atoms. The minimum absolute atomic E-state index is 1.08. The van der Waals surface area contributed by atoms with Crippen LogP contribution < -0.4 is 4.99 Å². The first-order chi connectivity index (χ1) is 9.99. The summed E-state index contributed by atoms with van der Waals surface area (Å²) in [6, 6.07) is 0. The van der Waals surface area contributed by atoms with Gasteiger partial charge in [0.1, 0.15) is 0 Å². The van der Waals surface area contributed by atoms with Gasteiger partial charge in [-0.2, -0.15) is 0 Å². The van der Waals surface area contributed by atoms with Crippen LogP contribution in [0.5, 0.6) is 0 Å². The second-order valence-corrected chi connectivity index (χ2v) is 5.77. The lowest BCUT2D eigenvalue weighted by atomic mass is 10.0. The van der Waals surface area contributed by atoms with E-state index in [0.717, 1.165) is 12.8 Å². The zero-order valence-corrected chi connectivity index (χ0v) is 14.1. The van der Waals surface area contributed by atoms with Crippen LogP contribution in [0.3, 0.4) is 0 Å². The molecular weight excluding hydrogens is 256 g/mol. The molecule has 112 valence electrons. The summed E-state index contributed by atoms with van der Waals surface area (Å²) in [6.07, 6.45) is 8.64. The van der Waals surface area contributed by atoms with Gasteiger partial charge in [-0.15, -0.1) is 0 Å². The minimum atomic E-state index is 1.08. The summed E-state index contributed by atoms with van der Waals surface area (Å²) >= 11 is 0. The molecule has 2 N–H and O–H groups in total. The summed E-state index contributed by atoms with van der Waals surface area (Å²) in [5, 5.41) is 0. The summed E-state index contributed by atoms with van der Waals surface area (Å²) in [5.41, 5.74) is 10.6. The van der Waals surface area contributed by atoms with Crippen LogP contribution in [0.1, 0.15) is 56.6 Å². The van der Waals surface area contributed by atoms with E-state index in [4.69, 9.17) is 0 Å². The third-order valence-corrected chi connectivity index (χ3v) is 4.50. The van der Waals surface area contributed by atoms with Crippen LogP contribution >= 0.6 is 0 Å². The molecule has 2 heteroatoms. The molecule has 2 rings (SSSR count). The van der Waals surface area contributed by atoms with E-state index in [1.165, 1.54) is 45.1 Å². The Kier molecular flexibility index (Phi) is 4.66. The molecule has 2 heterocycles. The van der Waals surface area contributed by atoms with Crippen molar-refractivity contribution in [2.24, 2.45) is 0 Å². The average molecular weight is 283 g/mol. The fourth-order valence-electron chi connectivity index (χ4n) is 3.26. The first-order valence-electron chi connectivity index (χ1n) is 7.87. The maximum absolute atomic E-state index is 3.48. The zero-order valence-electron chi connectivity index (χ0n) is 14.1. The molecule has 1 aliphatic heterocycles. The normalized spacial score (nSPS) is 17.4. The number of H-pyrrole nitrogens is 1. The third-order valence-electron chi connectivity index (χ3n) is 4.50. The van der Waals surface area contributed by atoms with Gasteiger partial charge in [-0.3, -0.25) is 0 Å². The Morgan fingerprint density at radius 1 is 1.05 bits per heavy atom. The highest BCUT2D eigenvalue weighted by molar-refractivity contribution is 5.96. The monoisotopic (exact) mass is 283 g/mol. The van der Waals surface area contributed by atoms with Crippen molar-refractivity contribution in [1.82, 2.24) is 4.98 Å². The standard InChI is InChI=1S/C19H26N2/c1-7-16-12(3)18(20-14(16)5)10-9-11-19-13(4)17(8-2)15(6)21-19/h9-11,20H,7-8H2,1-6H3/p+1. The zero-order chi connectivity index (χ0) is 15.6. The number of aromatic amines is 1. The highest BCUT2D eigenvalue weighted by Crippen LogP contribution is 2.20. The summed E-state index contributed by atoms with van der Waals surface area (Å²) in [7, 11) is 0. The highest BCUT2D eigenvalue weighted by atomic mass is 14.8. The smallest absolute Gasteiger partial charge is 0.207 e. The van der Waals surface area contributed by atoms with Crippen molar-refractivity contribution in [1.29, 1.82) is 0 Å². The first kappa shape index (κ1) is 15.6. The Balaban J connectivity index is 2.25. The maximum atomic E-state index is 3.48. The largest absolute Gasteiger partial charge is 0.359 e. The molecule has 2 nitrogen and oxygen atoms in total. The number of nitrogens with one attached hydrogen (secondary N) is 2. The summed E-state index contributed by atoms with van der Waals surface area (Å²) in [5.74, 6) is 0. The average Bonchev–Trinajstić information content (AvgIpc) is 2.87. The van der Waals surface area contributed by atoms with Crippen LogP contribution in [-0.2, 0) is 6.42 Å². The van der Waals surface area contributed by atoms with Crippen molar-refractivity contribution in [2.45, 2.75) is 54.4 Å². The van der Waals surface area contributed by atoms with E-state index in [2.05, 4.69) is 69.7 Å². The molecule has 0 saturated carbocycles. The van der Waals surface area contributed by atoms with Gasteiger partial charge in [0.2, 0.25) is 5.70 Å². The summed E-state index contributed by atoms with van der Waals surface area (Å²) in [4.78, 5) is 6.95. The van der Waals surface area contributed by atoms with E-state index >= 15 is 0 Å². The molecular formula is C19H27N2+. The lowest BCUT2D eigenvalue weighted by molar-refractivity contribution is -0.388. The Morgan fingerprint density at radius 3 is 2.29 bits per heavy atom.